The van der Waals surface area contributed by atoms with Crippen LogP contribution in [0.5, 0.6) is 0 Å². The third-order valence-corrected chi connectivity index (χ3v) is 1.97. The van der Waals surface area contributed by atoms with Gasteiger partial charge in [0.15, 0.2) is 0 Å². The molecular formula is C8H17ClO. The lowest BCUT2D eigenvalue weighted by molar-refractivity contribution is 0.238. The van der Waals surface area contributed by atoms with E-state index in [4.69, 9.17) is 16.7 Å². The highest BCUT2D eigenvalue weighted by Crippen LogP contribution is 2.26. The van der Waals surface area contributed by atoms with Crippen LogP contribution >= 0.6 is 11.6 Å². The van der Waals surface area contributed by atoms with Crippen LogP contribution in [0.15, 0.2) is 0 Å². The maximum absolute atomic E-state index is 8.56. The third kappa shape index (κ3) is 5.07. The van der Waals surface area contributed by atoms with Gasteiger partial charge in [0.05, 0.1) is 0 Å². The summed E-state index contributed by atoms with van der Waals surface area (Å²) in [5.74, 6) is 0.721. The Labute approximate surface area is 68.4 Å². The molecule has 0 heterocycles. The first kappa shape index (κ1) is 10.2. The van der Waals surface area contributed by atoms with Crippen molar-refractivity contribution < 1.29 is 5.11 Å². The fourth-order valence-corrected chi connectivity index (χ4v) is 1.45. The lowest BCUT2D eigenvalue weighted by atomic mass is 9.85. The lowest BCUT2D eigenvalue weighted by Gasteiger charge is -2.22. The third-order valence-electron chi connectivity index (χ3n) is 1.78. The molecule has 0 saturated heterocycles. The number of aliphatic hydroxyl groups is 1. The minimum absolute atomic E-state index is 0.297. The summed E-state index contributed by atoms with van der Waals surface area (Å²) in [6, 6.07) is 0. The van der Waals surface area contributed by atoms with Gasteiger partial charge in [-0.1, -0.05) is 13.8 Å². The van der Waals surface area contributed by atoms with Gasteiger partial charge >= 0.3 is 0 Å². The first-order valence-corrected chi connectivity index (χ1v) is 4.33. The molecule has 0 amide bonds. The average molecular weight is 165 g/mol. The van der Waals surface area contributed by atoms with Gasteiger partial charge in [-0.25, -0.2) is 0 Å². The average Bonchev–Trinajstić information content (AvgIpc) is 1.84. The van der Waals surface area contributed by atoms with Gasteiger partial charge in [-0.15, -0.1) is 11.6 Å². The van der Waals surface area contributed by atoms with Gasteiger partial charge in [0.25, 0.3) is 0 Å². The zero-order valence-corrected chi connectivity index (χ0v) is 7.62. The highest BCUT2D eigenvalue weighted by molar-refractivity contribution is 6.17. The summed E-state index contributed by atoms with van der Waals surface area (Å²) in [7, 11) is 0. The maximum Gasteiger partial charge on any atom is 0.0431 e. The van der Waals surface area contributed by atoms with E-state index in [1.54, 1.807) is 0 Å². The van der Waals surface area contributed by atoms with E-state index in [9.17, 15) is 0 Å². The molecule has 0 bridgehead atoms. The Bertz CT molecular complexity index is 81.3. The Morgan fingerprint density at radius 2 is 1.90 bits per heavy atom. The molecule has 0 rings (SSSR count). The van der Waals surface area contributed by atoms with E-state index in [0.717, 1.165) is 25.1 Å². The van der Waals surface area contributed by atoms with Crippen LogP contribution in [0.4, 0.5) is 0 Å². The van der Waals surface area contributed by atoms with Crippen molar-refractivity contribution in [2.24, 2.45) is 5.41 Å². The zero-order valence-electron chi connectivity index (χ0n) is 6.86. The van der Waals surface area contributed by atoms with Crippen LogP contribution < -0.4 is 0 Å². The van der Waals surface area contributed by atoms with Crippen LogP contribution in [0, 0.1) is 5.41 Å². The summed E-state index contributed by atoms with van der Waals surface area (Å²) in [5, 5.41) is 8.56. The standard InChI is InChI=1S/C8H17ClO/c1-8(2,5-6-9)4-3-7-10/h10H,3-7H2,1-2H3. The molecular weight excluding hydrogens is 148 g/mol. The maximum atomic E-state index is 8.56. The fourth-order valence-electron chi connectivity index (χ4n) is 0.938. The zero-order chi connectivity index (χ0) is 8.04. The molecule has 0 atom stereocenters. The second-order valence-electron chi connectivity index (χ2n) is 3.43. The normalized spacial score (nSPS) is 12.0. The van der Waals surface area contributed by atoms with E-state index in [2.05, 4.69) is 13.8 Å². The highest BCUT2D eigenvalue weighted by atomic mass is 35.5. The summed E-state index contributed by atoms with van der Waals surface area (Å²) in [4.78, 5) is 0. The van der Waals surface area contributed by atoms with E-state index in [0.29, 0.717) is 12.0 Å². The van der Waals surface area contributed by atoms with Crippen molar-refractivity contribution in [2.75, 3.05) is 12.5 Å². The van der Waals surface area contributed by atoms with Crippen LogP contribution in [-0.4, -0.2) is 17.6 Å². The molecule has 0 aromatic carbocycles. The molecule has 0 aromatic heterocycles. The molecule has 0 aliphatic rings. The highest BCUT2D eigenvalue weighted by Gasteiger charge is 2.15. The Balaban J connectivity index is 3.42. The Kier molecular flexibility index (Phi) is 5.10. The van der Waals surface area contributed by atoms with Crippen molar-refractivity contribution in [3.8, 4) is 0 Å². The van der Waals surface area contributed by atoms with Gasteiger partial charge in [-0.2, -0.15) is 0 Å². The molecule has 0 fully saturated rings. The monoisotopic (exact) mass is 164 g/mol. The minimum atomic E-state index is 0.297. The Morgan fingerprint density at radius 3 is 2.30 bits per heavy atom. The number of alkyl halides is 1. The van der Waals surface area contributed by atoms with E-state index < -0.39 is 0 Å². The predicted molar refractivity (Wildman–Crippen MR) is 45.4 cm³/mol. The summed E-state index contributed by atoms with van der Waals surface area (Å²) in [6.07, 6.45) is 2.99. The van der Waals surface area contributed by atoms with Crippen LogP contribution in [0.2, 0.25) is 0 Å². The van der Waals surface area contributed by atoms with Gasteiger partial charge in [-0.05, 0) is 24.7 Å². The van der Waals surface area contributed by atoms with Crippen LogP contribution in [0.1, 0.15) is 33.1 Å². The number of aliphatic hydroxyl groups excluding tert-OH is 1. The Hall–Kier alpha value is 0.250. The molecule has 1 nitrogen and oxygen atoms in total. The first-order chi connectivity index (χ1) is 4.62. The molecule has 1 N–H and O–H groups in total. The van der Waals surface area contributed by atoms with E-state index in [1.165, 1.54) is 0 Å². The van der Waals surface area contributed by atoms with Crippen molar-refractivity contribution in [1.82, 2.24) is 0 Å². The summed E-state index contributed by atoms with van der Waals surface area (Å²) in [5.41, 5.74) is 0.310. The van der Waals surface area contributed by atoms with E-state index in [-0.39, 0.29) is 0 Å². The van der Waals surface area contributed by atoms with Crippen molar-refractivity contribution in [2.45, 2.75) is 33.1 Å². The Morgan fingerprint density at radius 1 is 1.30 bits per heavy atom. The van der Waals surface area contributed by atoms with Gasteiger partial charge < -0.3 is 5.11 Å². The molecule has 0 aliphatic heterocycles. The first-order valence-electron chi connectivity index (χ1n) is 3.79. The second kappa shape index (κ2) is 4.97. The van der Waals surface area contributed by atoms with Crippen molar-refractivity contribution in [3.05, 3.63) is 0 Å². The van der Waals surface area contributed by atoms with Crippen LogP contribution in [-0.2, 0) is 0 Å². The van der Waals surface area contributed by atoms with Crippen molar-refractivity contribution in [1.29, 1.82) is 0 Å². The van der Waals surface area contributed by atoms with E-state index in [1.807, 2.05) is 0 Å². The molecule has 62 valence electrons. The van der Waals surface area contributed by atoms with Crippen molar-refractivity contribution in [3.63, 3.8) is 0 Å². The minimum Gasteiger partial charge on any atom is -0.396 e. The largest absolute Gasteiger partial charge is 0.396 e. The molecule has 0 unspecified atom stereocenters. The summed E-state index contributed by atoms with van der Waals surface area (Å²) < 4.78 is 0. The molecule has 0 spiro atoms. The molecule has 0 aromatic rings. The fraction of sp³-hybridized carbons (Fsp3) is 1.00. The molecule has 10 heavy (non-hydrogen) atoms. The number of halogens is 1. The number of rotatable bonds is 5. The van der Waals surface area contributed by atoms with Crippen LogP contribution in [0.3, 0.4) is 0 Å². The summed E-state index contributed by atoms with van der Waals surface area (Å²) in [6.45, 7) is 4.67. The van der Waals surface area contributed by atoms with Crippen molar-refractivity contribution >= 4 is 11.6 Å². The van der Waals surface area contributed by atoms with Crippen LogP contribution in [0.25, 0.3) is 0 Å². The lowest BCUT2D eigenvalue weighted by Crippen LogP contribution is -2.12. The molecule has 0 saturated carbocycles. The molecule has 0 aliphatic carbocycles. The predicted octanol–water partition coefficient (Wildman–Crippen LogP) is 2.41. The second-order valence-corrected chi connectivity index (χ2v) is 3.81. The number of hydrogen-bond acceptors (Lipinski definition) is 1. The molecule has 2 heteroatoms. The number of hydrogen-bond donors (Lipinski definition) is 1. The SMILES string of the molecule is CC(C)(CCCl)CCCO. The quantitative estimate of drug-likeness (QED) is 0.619. The van der Waals surface area contributed by atoms with Gasteiger partial charge in [0.1, 0.15) is 0 Å². The smallest absolute Gasteiger partial charge is 0.0431 e. The molecule has 0 radical (unpaired) electrons. The van der Waals surface area contributed by atoms with Gasteiger partial charge in [-0.3, -0.25) is 0 Å². The van der Waals surface area contributed by atoms with Gasteiger partial charge in [0, 0.05) is 12.5 Å². The topological polar surface area (TPSA) is 20.2 Å². The van der Waals surface area contributed by atoms with Gasteiger partial charge in [0.2, 0.25) is 0 Å². The summed E-state index contributed by atoms with van der Waals surface area (Å²) >= 11 is 5.60. The van der Waals surface area contributed by atoms with E-state index >= 15 is 0 Å².